The summed E-state index contributed by atoms with van der Waals surface area (Å²) in [5, 5.41) is 4.35. The zero-order valence-electron chi connectivity index (χ0n) is 13.4. The summed E-state index contributed by atoms with van der Waals surface area (Å²) < 4.78 is 7.68. The smallest absolute Gasteiger partial charge is 0.401 e. The van der Waals surface area contributed by atoms with Crippen molar-refractivity contribution in [2.45, 2.75) is 45.4 Å². The van der Waals surface area contributed by atoms with Crippen LogP contribution in [0.1, 0.15) is 45.4 Å². The van der Waals surface area contributed by atoms with Crippen molar-refractivity contribution in [1.29, 1.82) is 0 Å². The van der Waals surface area contributed by atoms with Gasteiger partial charge < -0.3 is 10.5 Å². The number of rotatable bonds is 9. The average Bonchev–Trinajstić information content (AvgIpc) is 2.55. The highest BCUT2D eigenvalue weighted by Crippen LogP contribution is 2.12. The maximum atomic E-state index is 5.90. The average molecular weight is 300 g/mol. The van der Waals surface area contributed by atoms with E-state index in [1.165, 1.54) is 32.1 Å². The third kappa shape index (κ3) is 5.02. The van der Waals surface area contributed by atoms with Crippen LogP contribution in [-0.4, -0.2) is 11.7 Å². The number of nitrogens with two attached hydrogens (primary N) is 1. The maximum Gasteiger partial charge on any atom is 0.401 e. The molecule has 0 atom stereocenters. The number of nitrogen functional groups attached to an aromatic ring is 1. The highest BCUT2D eigenvalue weighted by molar-refractivity contribution is 5.36. The summed E-state index contributed by atoms with van der Waals surface area (Å²) in [6, 6.07) is 11.8. The Balaban J connectivity index is 1.91. The number of nitrogens with zero attached hydrogens (tertiary/aromatic N) is 2. The van der Waals surface area contributed by atoms with Gasteiger partial charge in [0.25, 0.3) is 0 Å². The lowest BCUT2D eigenvalue weighted by atomic mass is 10.1. The molecule has 0 aliphatic rings. The fourth-order valence-electron chi connectivity index (χ4n) is 2.35. The predicted molar refractivity (Wildman–Crippen MR) is 89.1 cm³/mol. The second kappa shape index (κ2) is 9.03. The molecule has 2 aromatic rings. The number of unbranched alkanes of at least 4 members (excludes halogenated alkanes) is 5. The van der Waals surface area contributed by atoms with Gasteiger partial charge in [-0.25, -0.2) is 0 Å². The van der Waals surface area contributed by atoms with Gasteiger partial charge in [-0.2, -0.15) is 0 Å². The van der Waals surface area contributed by atoms with Crippen molar-refractivity contribution in [2.75, 3.05) is 12.3 Å². The van der Waals surface area contributed by atoms with Crippen LogP contribution in [0.25, 0.3) is 5.69 Å². The molecule has 22 heavy (non-hydrogen) atoms. The molecule has 0 fully saturated rings. The van der Waals surface area contributed by atoms with E-state index < -0.39 is 0 Å². The van der Waals surface area contributed by atoms with Crippen LogP contribution in [0.2, 0.25) is 0 Å². The van der Waals surface area contributed by atoms with E-state index in [2.05, 4.69) is 12.0 Å². The molecule has 0 saturated heterocycles. The van der Waals surface area contributed by atoms with E-state index in [4.69, 9.17) is 10.5 Å². The highest BCUT2D eigenvalue weighted by atomic mass is 16.5. The fourth-order valence-corrected chi connectivity index (χ4v) is 2.35. The third-order valence-corrected chi connectivity index (χ3v) is 3.57. The lowest BCUT2D eigenvalue weighted by Crippen LogP contribution is -2.37. The first kappa shape index (κ1) is 16.3. The van der Waals surface area contributed by atoms with Crippen molar-refractivity contribution in [2.24, 2.45) is 0 Å². The molecule has 0 unspecified atom stereocenters. The van der Waals surface area contributed by atoms with Crippen molar-refractivity contribution >= 4 is 5.69 Å². The molecule has 0 aliphatic heterocycles. The van der Waals surface area contributed by atoms with Crippen LogP contribution in [0, 0.1) is 0 Å². The zero-order valence-corrected chi connectivity index (χ0v) is 13.4. The standard InChI is InChI=1S/C18H25N3O/c1-2-3-4-5-6-10-13-22-18-14-16(19)15-20-21(18)17-11-8-7-9-12-17/h7-9,11-12,14-15,19H,2-6,10,13H2,1H3/p+1. The number of ether oxygens (including phenoxy) is 1. The molecule has 1 heterocycles. The van der Waals surface area contributed by atoms with Crippen LogP contribution in [0.15, 0.2) is 42.6 Å². The van der Waals surface area contributed by atoms with Gasteiger partial charge in [-0.1, -0.05) is 57.2 Å². The minimum absolute atomic E-state index is 0.616. The molecule has 0 saturated carbocycles. The molecule has 2 N–H and O–H groups in total. The summed E-state index contributed by atoms with van der Waals surface area (Å²) >= 11 is 0. The molecule has 1 aromatic carbocycles. The Morgan fingerprint density at radius 1 is 1.05 bits per heavy atom. The second-order valence-corrected chi connectivity index (χ2v) is 5.49. The third-order valence-electron chi connectivity index (χ3n) is 3.57. The Bertz CT molecular complexity index is 558. The van der Waals surface area contributed by atoms with Crippen LogP contribution < -0.4 is 15.2 Å². The van der Waals surface area contributed by atoms with Crippen molar-refractivity contribution in [3.05, 3.63) is 42.6 Å². The monoisotopic (exact) mass is 300 g/mol. The van der Waals surface area contributed by atoms with Crippen LogP contribution in [-0.2, 0) is 0 Å². The Hall–Kier alpha value is -2.10. The fraction of sp³-hybridized carbons (Fsp3) is 0.444. The van der Waals surface area contributed by atoms with Crippen LogP contribution in [0.5, 0.6) is 5.88 Å². The van der Waals surface area contributed by atoms with E-state index in [0.29, 0.717) is 18.2 Å². The highest BCUT2D eigenvalue weighted by Gasteiger charge is 2.17. The zero-order chi connectivity index (χ0) is 15.6. The summed E-state index contributed by atoms with van der Waals surface area (Å²) in [6.07, 6.45) is 9.13. The first-order valence-corrected chi connectivity index (χ1v) is 8.17. The Kier molecular flexibility index (Phi) is 6.68. The second-order valence-electron chi connectivity index (χ2n) is 5.49. The van der Waals surface area contributed by atoms with Crippen molar-refractivity contribution < 1.29 is 9.42 Å². The quantitative estimate of drug-likeness (QED) is 0.568. The molecule has 4 nitrogen and oxygen atoms in total. The number of hydrogen-bond donors (Lipinski definition) is 1. The summed E-state index contributed by atoms with van der Waals surface area (Å²) in [6.45, 7) is 2.93. The first-order chi connectivity index (χ1) is 10.8. The van der Waals surface area contributed by atoms with Gasteiger partial charge >= 0.3 is 5.88 Å². The molecule has 0 radical (unpaired) electrons. The van der Waals surface area contributed by atoms with Gasteiger partial charge in [-0.05, 0) is 11.1 Å². The SMILES string of the molecule is CCCCCCCCOc1cc(N)cn[n+]1-c1ccccc1. The van der Waals surface area contributed by atoms with E-state index >= 15 is 0 Å². The first-order valence-electron chi connectivity index (χ1n) is 8.17. The van der Waals surface area contributed by atoms with E-state index in [1.807, 2.05) is 36.4 Å². The van der Waals surface area contributed by atoms with Gasteiger partial charge in [-0.3, -0.25) is 0 Å². The van der Waals surface area contributed by atoms with Gasteiger partial charge in [0.05, 0.1) is 18.4 Å². The van der Waals surface area contributed by atoms with E-state index in [9.17, 15) is 0 Å². The maximum absolute atomic E-state index is 5.90. The molecule has 2 rings (SSSR count). The lowest BCUT2D eigenvalue weighted by molar-refractivity contribution is -0.665. The van der Waals surface area contributed by atoms with Gasteiger partial charge in [-0.15, -0.1) is 0 Å². The van der Waals surface area contributed by atoms with Gasteiger partial charge in [0, 0.05) is 17.2 Å². The van der Waals surface area contributed by atoms with E-state index in [1.54, 1.807) is 10.9 Å². The minimum atomic E-state index is 0.616. The summed E-state index contributed by atoms with van der Waals surface area (Å²) in [7, 11) is 0. The number of benzene rings is 1. The molecule has 0 spiro atoms. The molecule has 1 aromatic heterocycles. The van der Waals surface area contributed by atoms with Crippen LogP contribution >= 0.6 is 0 Å². The number of hydrogen-bond acceptors (Lipinski definition) is 3. The van der Waals surface area contributed by atoms with Crippen LogP contribution in [0.4, 0.5) is 5.69 Å². The Morgan fingerprint density at radius 3 is 2.55 bits per heavy atom. The van der Waals surface area contributed by atoms with Gasteiger partial charge in [0.1, 0.15) is 6.20 Å². The summed E-state index contributed by atoms with van der Waals surface area (Å²) in [4.78, 5) is 0. The predicted octanol–water partition coefficient (Wildman–Crippen LogP) is 3.68. The van der Waals surface area contributed by atoms with Crippen molar-refractivity contribution in [3.8, 4) is 11.6 Å². The lowest BCUT2D eigenvalue weighted by Gasteiger charge is -2.05. The number of aromatic nitrogens is 2. The van der Waals surface area contributed by atoms with E-state index in [0.717, 1.165) is 12.1 Å². The van der Waals surface area contributed by atoms with Gasteiger partial charge in [0.2, 0.25) is 5.69 Å². The molecule has 4 heteroatoms. The number of anilines is 1. The molecule has 0 aliphatic carbocycles. The molecule has 0 amide bonds. The number of para-hydroxylation sites is 1. The van der Waals surface area contributed by atoms with Gasteiger partial charge in [0.15, 0.2) is 0 Å². The van der Waals surface area contributed by atoms with Crippen molar-refractivity contribution in [3.63, 3.8) is 0 Å². The molecule has 118 valence electrons. The molecule has 0 bridgehead atoms. The van der Waals surface area contributed by atoms with Crippen LogP contribution in [0.3, 0.4) is 0 Å². The largest absolute Gasteiger partial charge is 0.442 e. The van der Waals surface area contributed by atoms with Crippen molar-refractivity contribution in [1.82, 2.24) is 5.10 Å². The molecular weight excluding hydrogens is 274 g/mol. The Morgan fingerprint density at radius 2 is 1.77 bits per heavy atom. The van der Waals surface area contributed by atoms with E-state index in [-0.39, 0.29) is 0 Å². The molecular formula is C18H26N3O+. The minimum Gasteiger partial charge on any atom is -0.442 e. The normalized spacial score (nSPS) is 10.6. The summed E-state index contributed by atoms with van der Waals surface area (Å²) in [5.41, 5.74) is 7.42. The Labute approximate surface area is 132 Å². The topological polar surface area (TPSA) is 52.0 Å². The summed E-state index contributed by atoms with van der Waals surface area (Å²) in [5.74, 6) is 0.694.